The van der Waals surface area contributed by atoms with Gasteiger partial charge in [0.2, 0.25) is 0 Å². The molecule has 28 heavy (non-hydrogen) atoms. The van der Waals surface area contributed by atoms with Gasteiger partial charge in [-0.15, -0.1) is 0 Å². The summed E-state index contributed by atoms with van der Waals surface area (Å²) in [6.07, 6.45) is 1.51. The number of anilines is 3. The van der Waals surface area contributed by atoms with E-state index in [-0.39, 0.29) is 5.91 Å². The van der Waals surface area contributed by atoms with Crippen LogP contribution in [0.1, 0.15) is 27.6 Å². The summed E-state index contributed by atoms with van der Waals surface area (Å²) in [7, 11) is 1.72. The maximum absolute atomic E-state index is 12.6. The average Bonchev–Trinajstić information content (AvgIpc) is 2.74. The van der Waals surface area contributed by atoms with Crippen molar-refractivity contribution in [3.05, 3.63) is 84.1 Å². The molecule has 0 aliphatic heterocycles. The SMILES string of the molecule is CCOC(=O)c1ccccc1Nc1ccc(C(=O)N(C)c2ccccc2)cn1. The Hall–Kier alpha value is -3.67. The number of amides is 1. The number of rotatable bonds is 6. The highest BCUT2D eigenvalue weighted by atomic mass is 16.5. The van der Waals surface area contributed by atoms with E-state index in [1.807, 2.05) is 36.4 Å². The van der Waals surface area contributed by atoms with Crippen molar-refractivity contribution in [2.75, 3.05) is 23.9 Å². The number of para-hydroxylation sites is 2. The van der Waals surface area contributed by atoms with Crippen LogP contribution in [0.3, 0.4) is 0 Å². The quantitative estimate of drug-likeness (QED) is 0.651. The number of hydrogen-bond acceptors (Lipinski definition) is 5. The van der Waals surface area contributed by atoms with Crippen LogP contribution in [0.25, 0.3) is 0 Å². The molecule has 0 aliphatic carbocycles. The first-order valence-corrected chi connectivity index (χ1v) is 8.92. The summed E-state index contributed by atoms with van der Waals surface area (Å²) in [5, 5.41) is 3.10. The van der Waals surface area contributed by atoms with Crippen LogP contribution in [-0.4, -0.2) is 30.5 Å². The van der Waals surface area contributed by atoms with Gasteiger partial charge >= 0.3 is 5.97 Å². The molecular formula is C22H21N3O3. The van der Waals surface area contributed by atoms with Gasteiger partial charge in [-0.3, -0.25) is 4.79 Å². The average molecular weight is 375 g/mol. The van der Waals surface area contributed by atoms with E-state index in [2.05, 4.69) is 10.3 Å². The Balaban J connectivity index is 1.75. The summed E-state index contributed by atoms with van der Waals surface area (Å²) >= 11 is 0. The van der Waals surface area contributed by atoms with Crippen molar-refractivity contribution < 1.29 is 14.3 Å². The number of benzene rings is 2. The predicted molar refractivity (Wildman–Crippen MR) is 109 cm³/mol. The third kappa shape index (κ3) is 4.35. The number of hydrogen-bond donors (Lipinski definition) is 1. The van der Waals surface area contributed by atoms with E-state index in [0.29, 0.717) is 29.2 Å². The number of pyridine rings is 1. The lowest BCUT2D eigenvalue weighted by Crippen LogP contribution is -2.26. The molecule has 0 unspecified atom stereocenters. The zero-order chi connectivity index (χ0) is 19.9. The van der Waals surface area contributed by atoms with E-state index >= 15 is 0 Å². The molecule has 0 radical (unpaired) electrons. The second kappa shape index (κ2) is 8.81. The lowest BCUT2D eigenvalue weighted by molar-refractivity contribution is 0.0527. The lowest BCUT2D eigenvalue weighted by atomic mass is 10.1. The van der Waals surface area contributed by atoms with Crippen LogP contribution in [0.2, 0.25) is 0 Å². The zero-order valence-electron chi connectivity index (χ0n) is 15.8. The maximum Gasteiger partial charge on any atom is 0.340 e. The number of esters is 1. The molecule has 0 atom stereocenters. The predicted octanol–water partition coefficient (Wildman–Crippen LogP) is 4.28. The minimum absolute atomic E-state index is 0.155. The Morgan fingerprint density at radius 3 is 2.39 bits per heavy atom. The summed E-state index contributed by atoms with van der Waals surface area (Å²) < 4.78 is 5.08. The van der Waals surface area contributed by atoms with Crippen LogP contribution in [0.15, 0.2) is 72.9 Å². The molecule has 6 heteroatoms. The molecule has 0 spiro atoms. The summed E-state index contributed by atoms with van der Waals surface area (Å²) in [6, 6.07) is 19.8. The zero-order valence-corrected chi connectivity index (χ0v) is 15.8. The standard InChI is InChI=1S/C22H21N3O3/c1-3-28-22(27)18-11-7-8-12-19(18)24-20-14-13-16(15-23-20)21(26)25(2)17-9-5-4-6-10-17/h4-15H,3H2,1-2H3,(H,23,24). The summed E-state index contributed by atoms with van der Waals surface area (Å²) in [5.41, 5.74) is 2.29. The molecule has 1 aromatic heterocycles. The van der Waals surface area contributed by atoms with E-state index in [0.717, 1.165) is 5.69 Å². The Labute approximate surface area is 163 Å². The highest BCUT2D eigenvalue weighted by molar-refractivity contribution is 6.05. The van der Waals surface area contributed by atoms with Crippen molar-refractivity contribution in [3.63, 3.8) is 0 Å². The van der Waals surface area contributed by atoms with Gasteiger partial charge in [-0.2, -0.15) is 0 Å². The minimum atomic E-state index is -0.401. The number of nitrogens with one attached hydrogen (secondary N) is 1. The molecule has 0 bridgehead atoms. The van der Waals surface area contributed by atoms with Crippen LogP contribution in [0.5, 0.6) is 0 Å². The number of carbonyl (C=O) groups excluding carboxylic acids is 2. The molecular weight excluding hydrogens is 354 g/mol. The molecule has 0 saturated heterocycles. The fourth-order valence-electron chi connectivity index (χ4n) is 2.67. The lowest BCUT2D eigenvalue weighted by Gasteiger charge is -2.17. The first kappa shape index (κ1) is 19.1. The monoisotopic (exact) mass is 375 g/mol. The Kier molecular flexibility index (Phi) is 6.01. The van der Waals surface area contributed by atoms with Crippen molar-refractivity contribution in [2.24, 2.45) is 0 Å². The van der Waals surface area contributed by atoms with E-state index < -0.39 is 5.97 Å². The molecule has 0 saturated carbocycles. The van der Waals surface area contributed by atoms with Gasteiger partial charge in [0.05, 0.1) is 23.4 Å². The van der Waals surface area contributed by atoms with Gasteiger partial charge in [-0.25, -0.2) is 9.78 Å². The van der Waals surface area contributed by atoms with Gasteiger partial charge in [0.15, 0.2) is 0 Å². The van der Waals surface area contributed by atoms with Gasteiger partial charge in [-0.1, -0.05) is 30.3 Å². The van der Waals surface area contributed by atoms with Crippen LogP contribution in [0, 0.1) is 0 Å². The number of carbonyl (C=O) groups is 2. The molecule has 1 N–H and O–H groups in total. The van der Waals surface area contributed by atoms with Crippen molar-refractivity contribution in [1.82, 2.24) is 4.98 Å². The van der Waals surface area contributed by atoms with E-state index in [1.54, 1.807) is 49.2 Å². The first-order valence-electron chi connectivity index (χ1n) is 8.92. The molecule has 3 rings (SSSR count). The van der Waals surface area contributed by atoms with Crippen LogP contribution in [-0.2, 0) is 4.74 Å². The van der Waals surface area contributed by atoms with Gasteiger partial charge in [0, 0.05) is 18.9 Å². The molecule has 0 fully saturated rings. The van der Waals surface area contributed by atoms with Crippen LogP contribution < -0.4 is 10.2 Å². The van der Waals surface area contributed by atoms with Crippen LogP contribution in [0.4, 0.5) is 17.2 Å². The van der Waals surface area contributed by atoms with Crippen molar-refractivity contribution in [1.29, 1.82) is 0 Å². The van der Waals surface area contributed by atoms with Crippen molar-refractivity contribution in [2.45, 2.75) is 6.92 Å². The topological polar surface area (TPSA) is 71.5 Å². The normalized spacial score (nSPS) is 10.2. The molecule has 142 valence electrons. The highest BCUT2D eigenvalue weighted by Gasteiger charge is 2.15. The first-order chi connectivity index (χ1) is 13.6. The smallest absolute Gasteiger partial charge is 0.340 e. The summed E-state index contributed by atoms with van der Waals surface area (Å²) in [5.74, 6) is -0.0327. The fourth-order valence-corrected chi connectivity index (χ4v) is 2.67. The van der Waals surface area contributed by atoms with Gasteiger partial charge < -0.3 is 15.0 Å². The van der Waals surface area contributed by atoms with Gasteiger partial charge in [0.1, 0.15) is 5.82 Å². The maximum atomic E-state index is 12.6. The molecule has 6 nitrogen and oxygen atoms in total. The Morgan fingerprint density at radius 2 is 1.71 bits per heavy atom. The van der Waals surface area contributed by atoms with Gasteiger partial charge in [0.25, 0.3) is 5.91 Å². The number of nitrogens with zero attached hydrogens (tertiary/aromatic N) is 2. The molecule has 1 heterocycles. The molecule has 2 aromatic carbocycles. The molecule has 0 aliphatic rings. The molecule has 3 aromatic rings. The van der Waals surface area contributed by atoms with E-state index in [9.17, 15) is 9.59 Å². The van der Waals surface area contributed by atoms with Crippen molar-refractivity contribution >= 4 is 29.1 Å². The largest absolute Gasteiger partial charge is 0.462 e. The van der Waals surface area contributed by atoms with Crippen LogP contribution >= 0.6 is 0 Å². The Bertz CT molecular complexity index is 956. The van der Waals surface area contributed by atoms with E-state index in [4.69, 9.17) is 4.74 Å². The molecule has 1 amide bonds. The number of ether oxygens (including phenoxy) is 1. The van der Waals surface area contributed by atoms with Gasteiger partial charge in [-0.05, 0) is 43.3 Å². The third-order valence-corrected chi connectivity index (χ3v) is 4.14. The fraction of sp³-hybridized carbons (Fsp3) is 0.136. The summed E-state index contributed by atoms with van der Waals surface area (Å²) in [6.45, 7) is 2.06. The highest BCUT2D eigenvalue weighted by Crippen LogP contribution is 2.21. The van der Waals surface area contributed by atoms with Crippen molar-refractivity contribution in [3.8, 4) is 0 Å². The second-order valence-electron chi connectivity index (χ2n) is 6.02. The third-order valence-electron chi connectivity index (χ3n) is 4.14. The minimum Gasteiger partial charge on any atom is -0.462 e. The Morgan fingerprint density at radius 1 is 1.00 bits per heavy atom. The number of aromatic nitrogens is 1. The van der Waals surface area contributed by atoms with E-state index in [1.165, 1.54) is 6.20 Å². The summed E-state index contributed by atoms with van der Waals surface area (Å²) in [4.78, 5) is 30.6. The second-order valence-corrected chi connectivity index (χ2v) is 6.02.